The van der Waals surface area contributed by atoms with Crippen LogP contribution in [0.3, 0.4) is 0 Å². The molecule has 1 aromatic carbocycles. The smallest absolute Gasteiger partial charge is 0.255 e. The van der Waals surface area contributed by atoms with Crippen molar-refractivity contribution in [2.24, 2.45) is 7.05 Å². The van der Waals surface area contributed by atoms with E-state index in [0.29, 0.717) is 13.1 Å². The van der Waals surface area contributed by atoms with Crippen LogP contribution in [0.1, 0.15) is 16.7 Å². The molecule has 1 aliphatic rings. The van der Waals surface area contributed by atoms with E-state index in [2.05, 4.69) is 10.6 Å². The number of pyridine rings is 1. The number of ether oxygens (including phenoxy) is 2. The van der Waals surface area contributed by atoms with Crippen LogP contribution in [0.5, 0.6) is 11.5 Å². The molecule has 2 aromatic rings. The number of nitrogens with one attached hydrogen (secondary N) is 2. The Morgan fingerprint density at radius 1 is 1.20 bits per heavy atom. The molecule has 3 rings (SSSR count). The molecule has 0 saturated carbocycles. The van der Waals surface area contributed by atoms with Gasteiger partial charge in [0.1, 0.15) is 11.5 Å². The Bertz CT molecular complexity index is 818. The molecule has 0 amide bonds. The second-order valence-electron chi connectivity index (χ2n) is 6.23. The second-order valence-corrected chi connectivity index (χ2v) is 6.23. The van der Waals surface area contributed by atoms with Crippen molar-refractivity contribution in [2.75, 3.05) is 27.8 Å². The molecular weight excluding hydrogens is 318 g/mol. The zero-order chi connectivity index (χ0) is 18.0. The summed E-state index contributed by atoms with van der Waals surface area (Å²) in [6.07, 6.45) is 2.75. The molecule has 0 bridgehead atoms. The molecule has 6 heteroatoms. The maximum Gasteiger partial charge on any atom is 0.255 e. The van der Waals surface area contributed by atoms with E-state index in [1.807, 2.05) is 25.4 Å². The van der Waals surface area contributed by atoms with Gasteiger partial charge in [0.05, 0.1) is 14.2 Å². The summed E-state index contributed by atoms with van der Waals surface area (Å²) in [5.41, 5.74) is 5.08. The third-order valence-corrected chi connectivity index (χ3v) is 4.72. The van der Waals surface area contributed by atoms with Gasteiger partial charge in [0.25, 0.3) is 5.56 Å². The number of hydrogen-bond acceptors (Lipinski definition) is 5. The summed E-state index contributed by atoms with van der Waals surface area (Å²) >= 11 is 0. The average molecular weight is 343 g/mol. The minimum atomic E-state index is 0.0664. The Balaban J connectivity index is 2.23. The molecule has 0 spiro atoms. The molecule has 0 aliphatic carbocycles. The highest BCUT2D eigenvalue weighted by Crippen LogP contribution is 2.37. The summed E-state index contributed by atoms with van der Waals surface area (Å²) in [6.45, 7) is 2.14. The van der Waals surface area contributed by atoms with Gasteiger partial charge in [-0.05, 0) is 43.3 Å². The summed E-state index contributed by atoms with van der Waals surface area (Å²) in [7, 11) is 7.02. The SMILES string of the molecule is CNCc1c(OC)cc(-c2cn(C)c(=O)c3c2CCNC3)cc1OC. The first-order valence-electron chi connectivity index (χ1n) is 8.42. The molecule has 0 atom stereocenters. The van der Waals surface area contributed by atoms with Crippen LogP contribution in [0.15, 0.2) is 23.1 Å². The van der Waals surface area contributed by atoms with E-state index in [1.54, 1.807) is 25.8 Å². The Morgan fingerprint density at radius 3 is 2.48 bits per heavy atom. The van der Waals surface area contributed by atoms with E-state index >= 15 is 0 Å². The average Bonchev–Trinajstić information content (AvgIpc) is 2.65. The van der Waals surface area contributed by atoms with Gasteiger partial charge < -0.3 is 24.7 Å². The maximum absolute atomic E-state index is 12.4. The predicted octanol–water partition coefficient (Wildman–Crippen LogP) is 1.43. The highest BCUT2D eigenvalue weighted by atomic mass is 16.5. The van der Waals surface area contributed by atoms with Crippen molar-refractivity contribution in [3.8, 4) is 22.6 Å². The number of benzene rings is 1. The zero-order valence-corrected chi connectivity index (χ0v) is 15.2. The van der Waals surface area contributed by atoms with Gasteiger partial charge in [0, 0.05) is 43.0 Å². The fourth-order valence-electron chi connectivity index (χ4n) is 3.47. The number of methoxy groups -OCH3 is 2. The third kappa shape index (κ3) is 3.15. The first-order chi connectivity index (χ1) is 12.1. The molecule has 0 unspecified atom stereocenters. The van der Waals surface area contributed by atoms with Crippen molar-refractivity contribution in [3.05, 3.63) is 45.4 Å². The number of fused-ring (bicyclic) bond motifs is 1. The number of aromatic nitrogens is 1. The monoisotopic (exact) mass is 343 g/mol. The van der Waals surface area contributed by atoms with Crippen molar-refractivity contribution < 1.29 is 9.47 Å². The second kappa shape index (κ2) is 7.29. The Morgan fingerprint density at radius 2 is 1.88 bits per heavy atom. The standard InChI is InChI=1S/C19H25N3O3/c1-20-9-15-17(24-3)7-12(8-18(15)25-4)16-11-22(2)19(23)14-10-21-6-5-13(14)16/h7-8,11,20-21H,5-6,9-10H2,1-4H3. The topological polar surface area (TPSA) is 64.5 Å². The van der Waals surface area contributed by atoms with Gasteiger partial charge in [0.2, 0.25) is 0 Å². The minimum absolute atomic E-state index is 0.0664. The summed E-state index contributed by atoms with van der Waals surface area (Å²) in [5.74, 6) is 1.56. The number of aryl methyl sites for hydroxylation is 1. The molecule has 0 fully saturated rings. The predicted molar refractivity (Wildman–Crippen MR) is 98.4 cm³/mol. The van der Waals surface area contributed by atoms with Crippen LogP contribution in [-0.2, 0) is 26.6 Å². The quantitative estimate of drug-likeness (QED) is 0.860. The van der Waals surface area contributed by atoms with Gasteiger partial charge in [-0.15, -0.1) is 0 Å². The summed E-state index contributed by atoms with van der Waals surface area (Å²) in [4.78, 5) is 12.4. The molecule has 25 heavy (non-hydrogen) atoms. The largest absolute Gasteiger partial charge is 0.496 e. The van der Waals surface area contributed by atoms with Crippen LogP contribution < -0.4 is 25.7 Å². The fraction of sp³-hybridized carbons (Fsp3) is 0.421. The molecule has 6 nitrogen and oxygen atoms in total. The van der Waals surface area contributed by atoms with Crippen LogP contribution in [0.2, 0.25) is 0 Å². The van der Waals surface area contributed by atoms with Crippen LogP contribution in [0, 0.1) is 0 Å². The lowest BCUT2D eigenvalue weighted by Gasteiger charge is -2.22. The van der Waals surface area contributed by atoms with Crippen LogP contribution in [0.4, 0.5) is 0 Å². The molecular formula is C19H25N3O3. The summed E-state index contributed by atoms with van der Waals surface area (Å²) in [6, 6.07) is 4.05. The van der Waals surface area contributed by atoms with Crippen LogP contribution >= 0.6 is 0 Å². The van der Waals surface area contributed by atoms with Gasteiger partial charge >= 0.3 is 0 Å². The van der Waals surface area contributed by atoms with E-state index < -0.39 is 0 Å². The van der Waals surface area contributed by atoms with Crippen molar-refractivity contribution in [3.63, 3.8) is 0 Å². The summed E-state index contributed by atoms with van der Waals surface area (Å²) < 4.78 is 12.9. The third-order valence-electron chi connectivity index (χ3n) is 4.72. The first kappa shape index (κ1) is 17.5. The number of nitrogens with zero attached hydrogens (tertiary/aromatic N) is 1. The Hall–Kier alpha value is -2.31. The highest BCUT2D eigenvalue weighted by molar-refractivity contribution is 5.72. The molecule has 1 aromatic heterocycles. The lowest BCUT2D eigenvalue weighted by molar-refractivity contribution is 0.384. The lowest BCUT2D eigenvalue weighted by Crippen LogP contribution is -2.33. The van der Waals surface area contributed by atoms with Crippen molar-refractivity contribution >= 4 is 0 Å². The van der Waals surface area contributed by atoms with Crippen LogP contribution in [-0.4, -0.2) is 32.4 Å². The van der Waals surface area contributed by atoms with Crippen molar-refractivity contribution in [2.45, 2.75) is 19.5 Å². The van der Waals surface area contributed by atoms with Gasteiger partial charge in [-0.25, -0.2) is 0 Å². The molecule has 134 valence electrons. The molecule has 0 saturated heterocycles. The number of hydrogen-bond donors (Lipinski definition) is 2. The van der Waals surface area contributed by atoms with Gasteiger partial charge in [-0.3, -0.25) is 4.79 Å². The van der Waals surface area contributed by atoms with Gasteiger partial charge in [0.15, 0.2) is 0 Å². The van der Waals surface area contributed by atoms with Gasteiger partial charge in [-0.2, -0.15) is 0 Å². The maximum atomic E-state index is 12.4. The molecule has 2 heterocycles. The van der Waals surface area contributed by atoms with Gasteiger partial charge in [-0.1, -0.05) is 0 Å². The van der Waals surface area contributed by atoms with E-state index in [4.69, 9.17) is 9.47 Å². The van der Waals surface area contributed by atoms with Crippen molar-refractivity contribution in [1.82, 2.24) is 15.2 Å². The fourth-order valence-corrected chi connectivity index (χ4v) is 3.47. The summed E-state index contributed by atoms with van der Waals surface area (Å²) in [5, 5.41) is 6.43. The zero-order valence-electron chi connectivity index (χ0n) is 15.2. The minimum Gasteiger partial charge on any atom is -0.496 e. The van der Waals surface area contributed by atoms with E-state index in [0.717, 1.165) is 52.3 Å². The molecule has 0 radical (unpaired) electrons. The molecule has 2 N–H and O–H groups in total. The Kier molecular flexibility index (Phi) is 5.11. The van der Waals surface area contributed by atoms with E-state index in [9.17, 15) is 4.79 Å². The van der Waals surface area contributed by atoms with Crippen LogP contribution in [0.25, 0.3) is 11.1 Å². The lowest BCUT2D eigenvalue weighted by atomic mass is 9.92. The Labute approximate surface area is 147 Å². The normalized spacial score (nSPS) is 13.4. The van der Waals surface area contributed by atoms with E-state index in [-0.39, 0.29) is 5.56 Å². The first-order valence-corrected chi connectivity index (χ1v) is 8.42. The van der Waals surface area contributed by atoms with Crippen molar-refractivity contribution in [1.29, 1.82) is 0 Å². The molecule has 1 aliphatic heterocycles. The highest BCUT2D eigenvalue weighted by Gasteiger charge is 2.21. The van der Waals surface area contributed by atoms with E-state index in [1.165, 1.54) is 0 Å². The number of rotatable bonds is 5.